The third-order valence-electron chi connectivity index (χ3n) is 7.68. The fraction of sp³-hybridized carbons (Fsp3) is 0.917. The van der Waals surface area contributed by atoms with E-state index in [1.807, 2.05) is 0 Å². The van der Waals surface area contributed by atoms with Gasteiger partial charge in [-0.2, -0.15) is 8.78 Å². The van der Waals surface area contributed by atoms with Gasteiger partial charge in [-0.3, -0.25) is 0 Å². The first-order chi connectivity index (χ1) is 13.6. The predicted molar refractivity (Wildman–Crippen MR) is 109 cm³/mol. The van der Waals surface area contributed by atoms with Gasteiger partial charge in [0.15, 0.2) is 6.29 Å². The molecule has 4 heteroatoms. The minimum absolute atomic E-state index is 0.0213. The molecular formula is C24H40F2O2. The lowest BCUT2D eigenvalue weighted by Gasteiger charge is -2.37. The van der Waals surface area contributed by atoms with Crippen molar-refractivity contribution in [1.29, 1.82) is 0 Å². The Hall–Kier alpha value is -0.480. The summed E-state index contributed by atoms with van der Waals surface area (Å²) in [6.45, 7) is 3.90. The van der Waals surface area contributed by atoms with Crippen LogP contribution in [0.15, 0.2) is 12.2 Å². The van der Waals surface area contributed by atoms with Crippen molar-refractivity contribution in [1.82, 2.24) is 0 Å². The van der Waals surface area contributed by atoms with Gasteiger partial charge in [-0.1, -0.05) is 51.9 Å². The van der Waals surface area contributed by atoms with Gasteiger partial charge < -0.3 is 9.47 Å². The lowest BCUT2D eigenvalue weighted by atomic mass is 9.76. The number of allylic oxidation sites excluding steroid dienone is 1. The summed E-state index contributed by atoms with van der Waals surface area (Å²) in [5.74, 6) is 3.04. The standard InChI is InChI=1S/C24H40F2O2/c1-2-18-7-9-19(10-8-18)5-3-4-6-24-27-16-22(17-28-24)21-13-11-20(12-14-21)15-23(25)26/h15,18-22,24H,2-14,16-17H2,1H3. The first-order valence-corrected chi connectivity index (χ1v) is 11.9. The normalized spacial score (nSPS) is 36.8. The molecule has 0 unspecified atom stereocenters. The summed E-state index contributed by atoms with van der Waals surface area (Å²) in [4.78, 5) is 0. The van der Waals surface area contributed by atoms with Crippen molar-refractivity contribution in [2.75, 3.05) is 13.2 Å². The Morgan fingerprint density at radius 1 is 0.786 bits per heavy atom. The largest absolute Gasteiger partial charge is 0.352 e. The van der Waals surface area contributed by atoms with Gasteiger partial charge >= 0.3 is 0 Å². The van der Waals surface area contributed by atoms with Gasteiger partial charge in [-0.05, 0) is 68.3 Å². The number of rotatable bonds is 8. The lowest BCUT2D eigenvalue weighted by Crippen LogP contribution is -2.37. The summed E-state index contributed by atoms with van der Waals surface area (Å²) in [7, 11) is 0. The van der Waals surface area contributed by atoms with Crippen LogP contribution < -0.4 is 0 Å². The zero-order chi connectivity index (χ0) is 19.8. The van der Waals surface area contributed by atoms with Gasteiger partial charge in [0.1, 0.15) is 0 Å². The topological polar surface area (TPSA) is 18.5 Å². The molecule has 0 spiro atoms. The molecule has 28 heavy (non-hydrogen) atoms. The lowest BCUT2D eigenvalue weighted by molar-refractivity contribution is -0.212. The van der Waals surface area contributed by atoms with Crippen LogP contribution >= 0.6 is 0 Å². The molecule has 162 valence electrons. The van der Waals surface area contributed by atoms with Gasteiger partial charge in [0, 0.05) is 5.92 Å². The van der Waals surface area contributed by atoms with E-state index in [9.17, 15) is 8.78 Å². The van der Waals surface area contributed by atoms with Gasteiger partial charge in [-0.15, -0.1) is 0 Å². The van der Waals surface area contributed by atoms with Crippen LogP contribution in [0.1, 0.15) is 90.4 Å². The Kier molecular flexibility index (Phi) is 9.23. The highest BCUT2D eigenvalue weighted by atomic mass is 19.3. The number of hydrogen-bond donors (Lipinski definition) is 0. The maximum absolute atomic E-state index is 12.4. The molecule has 1 heterocycles. The SMILES string of the molecule is CCC1CCC(CCCCC2OCC(C3CCC(C=C(F)F)CC3)CO2)CC1. The molecule has 0 aromatic rings. The quantitative estimate of drug-likeness (QED) is 0.398. The third kappa shape index (κ3) is 7.09. The Morgan fingerprint density at radius 3 is 2.00 bits per heavy atom. The average molecular weight is 399 g/mol. The van der Waals surface area contributed by atoms with Gasteiger partial charge in [0.25, 0.3) is 6.08 Å². The van der Waals surface area contributed by atoms with Crippen LogP contribution in [-0.2, 0) is 9.47 Å². The number of unbranched alkanes of at least 4 members (excludes halogenated alkanes) is 1. The van der Waals surface area contributed by atoms with E-state index in [-0.39, 0.29) is 12.2 Å². The highest BCUT2D eigenvalue weighted by Gasteiger charge is 2.31. The summed E-state index contributed by atoms with van der Waals surface area (Å²) in [6, 6.07) is 0. The molecule has 3 fully saturated rings. The van der Waals surface area contributed by atoms with Crippen molar-refractivity contribution >= 4 is 0 Å². The second-order valence-electron chi connectivity index (χ2n) is 9.57. The van der Waals surface area contributed by atoms with Crippen LogP contribution in [0, 0.1) is 29.6 Å². The van der Waals surface area contributed by atoms with E-state index in [1.165, 1.54) is 51.4 Å². The van der Waals surface area contributed by atoms with Crippen molar-refractivity contribution < 1.29 is 18.3 Å². The molecule has 3 rings (SSSR count). The van der Waals surface area contributed by atoms with Crippen molar-refractivity contribution in [2.45, 2.75) is 96.7 Å². The maximum atomic E-state index is 12.4. The maximum Gasteiger partial charge on any atom is 0.266 e. The summed E-state index contributed by atoms with van der Waals surface area (Å²) in [5.41, 5.74) is 0. The monoisotopic (exact) mass is 398 g/mol. The Labute approximate surface area is 170 Å². The summed E-state index contributed by atoms with van der Waals surface area (Å²) in [6.07, 6.45) is 15.4. The van der Waals surface area contributed by atoms with Crippen LogP contribution in [0.25, 0.3) is 0 Å². The minimum Gasteiger partial charge on any atom is -0.352 e. The highest BCUT2D eigenvalue weighted by molar-refractivity contribution is 4.92. The van der Waals surface area contributed by atoms with Crippen LogP contribution in [0.4, 0.5) is 8.78 Å². The summed E-state index contributed by atoms with van der Waals surface area (Å²) in [5, 5.41) is 0. The van der Waals surface area contributed by atoms with E-state index in [1.54, 1.807) is 0 Å². The zero-order valence-corrected chi connectivity index (χ0v) is 17.7. The predicted octanol–water partition coefficient (Wildman–Crippen LogP) is 7.34. The molecule has 0 bridgehead atoms. The van der Waals surface area contributed by atoms with Crippen molar-refractivity contribution in [3.63, 3.8) is 0 Å². The van der Waals surface area contributed by atoms with Gasteiger partial charge in [0.2, 0.25) is 0 Å². The van der Waals surface area contributed by atoms with Crippen molar-refractivity contribution in [3.05, 3.63) is 12.2 Å². The van der Waals surface area contributed by atoms with E-state index in [2.05, 4.69) is 6.92 Å². The zero-order valence-electron chi connectivity index (χ0n) is 17.7. The Morgan fingerprint density at radius 2 is 1.39 bits per heavy atom. The first kappa shape index (κ1) is 22.2. The molecule has 0 amide bonds. The van der Waals surface area contributed by atoms with Crippen molar-refractivity contribution in [3.8, 4) is 0 Å². The highest BCUT2D eigenvalue weighted by Crippen LogP contribution is 2.37. The van der Waals surface area contributed by atoms with Gasteiger partial charge in [0.05, 0.1) is 13.2 Å². The molecule has 0 aromatic carbocycles. The molecule has 0 radical (unpaired) electrons. The van der Waals surface area contributed by atoms with Crippen molar-refractivity contribution in [2.24, 2.45) is 29.6 Å². The fourth-order valence-electron chi connectivity index (χ4n) is 5.63. The second-order valence-corrected chi connectivity index (χ2v) is 9.57. The van der Waals surface area contributed by atoms with Crippen LogP contribution in [-0.4, -0.2) is 19.5 Å². The minimum atomic E-state index is -1.52. The molecule has 0 aromatic heterocycles. The summed E-state index contributed by atoms with van der Waals surface area (Å²) < 4.78 is 36.8. The first-order valence-electron chi connectivity index (χ1n) is 11.9. The smallest absolute Gasteiger partial charge is 0.266 e. The summed E-state index contributed by atoms with van der Waals surface area (Å²) >= 11 is 0. The molecule has 2 nitrogen and oxygen atoms in total. The number of ether oxygens (including phenoxy) is 2. The molecule has 1 saturated heterocycles. The van der Waals surface area contributed by atoms with E-state index in [0.717, 1.165) is 63.2 Å². The molecule has 2 aliphatic carbocycles. The molecule has 0 atom stereocenters. The van der Waals surface area contributed by atoms with Crippen LogP contribution in [0.5, 0.6) is 0 Å². The molecular weight excluding hydrogens is 358 g/mol. The second kappa shape index (κ2) is 11.6. The van der Waals surface area contributed by atoms with E-state index in [0.29, 0.717) is 11.8 Å². The Bertz CT molecular complexity index is 453. The Balaban J connectivity index is 1.23. The molecule has 3 aliphatic rings. The number of hydrogen-bond acceptors (Lipinski definition) is 2. The van der Waals surface area contributed by atoms with Gasteiger partial charge in [-0.25, -0.2) is 0 Å². The molecule has 0 N–H and O–H groups in total. The van der Waals surface area contributed by atoms with E-state index >= 15 is 0 Å². The molecule has 2 saturated carbocycles. The van der Waals surface area contributed by atoms with E-state index < -0.39 is 6.08 Å². The van der Waals surface area contributed by atoms with E-state index in [4.69, 9.17) is 9.47 Å². The van der Waals surface area contributed by atoms with Crippen LogP contribution in [0.2, 0.25) is 0 Å². The van der Waals surface area contributed by atoms with Crippen LogP contribution in [0.3, 0.4) is 0 Å². The number of halogens is 2. The fourth-order valence-corrected chi connectivity index (χ4v) is 5.63. The third-order valence-corrected chi connectivity index (χ3v) is 7.68. The molecule has 1 aliphatic heterocycles. The average Bonchev–Trinajstić information content (AvgIpc) is 2.72.